The number of amides is 1. The number of nitrogens with one attached hydrogen (secondary N) is 1. The average Bonchev–Trinajstić information content (AvgIpc) is 3.20. The van der Waals surface area contributed by atoms with Crippen molar-refractivity contribution in [2.75, 3.05) is 21.4 Å². The number of hydrogen-bond donors (Lipinski definition) is 1. The van der Waals surface area contributed by atoms with E-state index in [1.165, 1.54) is 23.5 Å². The van der Waals surface area contributed by atoms with Gasteiger partial charge in [0.2, 0.25) is 15.9 Å². The maximum atomic E-state index is 13.2. The number of hydrogen-bond acceptors (Lipinski definition) is 8. The number of carbonyl (C=O) groups excluding carboxylic acids is 1. The summed E-state index contributed by atoms with van der Waals surface area (Å²) in [6.07, 6.45) is -0.152. The Labute approximate surface area is 183 Å². The van der Waals surface area contributed by atoms with Crippen molar-refractivity contribution in [2.45, 2.75) is 25.2 Å². The van der Waals surface area contributed by atoms with Crippen molar-refractivity contribution in [3.05, 3.63) is 42.0 Å². The Balaban J connectivity index is 1.77. The fraction of sp³-hybridized carbons (Fsp3) is 0.263. The predicted molar refractivity (Wildman–Crippen MR) is 119 cm³/mol. The number of ether oxygens (including phenoxy) is 1. The third-order valence-electron chi connectivity index (χ3n) is 4.60. The first-order chi connectivity index (χ1) is 14.6. The van der Waals surface area contributed by atoms with Crippen LogP contribution >= 0.6 is 11.3 Å². The van der Waals surface area contributed by atoms with Crippen molar-refractivity contribution in [3.8, 4) is 5.75 Å². The Kier molecular flexibility index (Phi) is 5.40. The molecule has 1 aliphatic rings. The topological polar surface area (TPSA) is 123 Å². The summed E-state index contributed by atoms with van der Waals surface area (Å²) in [7, 11) is -8.03. The second-order valence-corrected chi connectivity index (χ2v) is 11.5. The lowest BCUT2D eigenvalue weighted by molar-refractivity contribution is -0.116. The molecule has 0 spiro atoms. The molecule has 0 aliphatic carbocycles. The number of anilines is 2. The molecule has 2 aromatic carbocycles. The summed E-state index contributed by atoms with van der Waals surface area (Å²) in [5.74, 6) is -0.883. The minimum absolute atomic E-state index is 0.0414. The number of rotatable bonds is 6. The van der Waals surface area contributed by atoms with Gasteiger partial charge in [0, 0.05) is 6.42 Å². The van der Waals surface area contributed by atoms with E-state index in [0.29, 0.717) is 9.82 Å². The molecule has 164 valence electrons. The van der Waals surface area contributed by atoms with Crippen LogP contribution in [0.2, 0.25) is 0 Å². The summed E-state index contributed by atoms with van der Waals surface area (Å²) in [4.78, 5) is 16.1. The van der Waals surface area contributed by atoms with Crippen LogP contribution in [0.1, 0.15) is 18.9 Å². The minimum atomic E-state index is -4.19. The molecule has 31 heavy (non-hydrogen) atoms. The molecular formula is C19H19N3O6S3. The van der Waals surface area contributed by atoms with Crippen molar-refractivity contribution < 1.29 is 26.4 Å². The van der Waals surface area contributed by atoms with Crippen LogP contribution in [-0.2, 0) is 24.8 Å². The minimum Gasteiger partial charge on any atom is -0.492 e. The second kappa shape index (κ2) is 7.77. The van der Waals surface area contributed by atoms with Gasteiger partial charge < -0.3 is 4.74 Å². The Hall–Kier alpha value is -2.70. The molecule has 0 unspecified atom stereocenters. The molecule has 0 bridgehead atoms. The first-order valence-electron chi connectivity index (χ1n) is 9.33. The summed E-state index contributed by atoms with van der Waals surface area (Å²) in [6.45, 7) is 3.82. The van der Waals surface area contributed by atoms with Gasteiger partial charge in [0.05, 0.1) is 28.3 Å². The van der Waals surface area contributed by atoms with Crippen LogP contribution in [0.15, 0.2) is 41.3 Å². The molecule has 0 saturated carbocycles. The molecule has 1 saturated heterocycles. The van der Waals surface area contributed by atoms with Gasteiger partial charge in [-0.15, -0.1) is 0 Å². The number of aromatic nitrogens is 1. The summed E-state index contributed by atoms with van der Waals surface area (Å²) < 4.78 is 60.2. The van der Waals surface area contributed by atoms with Gasteiger partial charge in [-0.1, -0.05) is 17.4 Å². The number of aryl methyl sites for hydroxylation is 1. The number of carbonyl (C=O) groups is 1. The largest absolute Gasteiger partial charge is 0.492 e. The maximum Gasteiger partial charge on any atom is 0.267 e. The molecule has 2 heterocycles. The molecule has 1 amide bonds. The maximum absolute atomic E-state index is 13.2. The molecule has 3 aromatic rings. The first kappa shape index (κ1) is 21.5. The van der Waals surface area contributed by atoms with Gasteiger partial charge in [-0.25, -0.2) is 26.1 Å². The number of sulfonamides is 2. The number of thiazole rings is 1. The fourth-order valence-electron chi connectivity index (χ4n) is 3.22. The predicted octanol–water partition coefficient (Wildman–Crippen LogP) is 2.87. The highest BCUT2D eigenvalue weighted by Gasteiger charge is 2.37. The molecular weight excluding hydrogens is 462 g/mol. The lowest BCUT2D eigenvalue weighted by Crippen LogP contribution is -2.29. The standard InChI is InChI=1S/C19H19N3O6S3/c1-3-28-15-7-5-13(22-18(23)8-9-30(22,24)25)11-17(15)31(26,27)21-19-20-14-6-4-12(2)10-16(14)29-19/h4-7,10-11H,3,8-9H2,1-2H3,(H,20,21). The molecule has 1 fully saturated rings. The van der Waals surface area contributed by atoms with E-state index in [-0.39, 0.29) is 40.2 Å². The van der Waals surface area contributed by atoms with E-state index >= 15 is 0 Å². The van der Waals surface area contributed by atoms with E-state index in [0.717, 1.165) is 16.3 Å². The number of nitrogens with zero attached hydrogens (tertiary/aromatic N) is 2. The van der Waals surface area contributed by atoms with Crippen LogP contribution < -0.4 is 13.8 Å². The van der Waals surface area contributed by atoms with Crippen LogP contribution in [0.25, 0.3) is 10.2 Å². The number of fused-ring (bicyclic) bond motifs is 1. The summed E-state index contributed by atoms with van der Waals surface area (Å²) in [6, 6.07) is 9.41. The van der Waals surface area contributed by atoms with Crippen LogP contribution in [0.5, 0.6) is 5.75 Å². The monoisotopic (exact) mass is 481 g/mol. The fourth-order valence-corrected chi connectivity index (χ4v) is 7.04. The van der Waals surface area contributed by atoms with Gasteiger partial charge in [-0.3, -0.25) is 9.52 Å². The van der Waals surface area contributed by atoms with Crippen molar-refractivity contribution in [1.82, 2.24) is 4.98 Å². The van der Waals surface area contributed by atoms with Crippen molar-refractivity contribution in [2.24, 2.45) is 0 Å². The quantitative estimate of drug-likeness (QED) is 0.574. The highest BCUT2D eigenvalue weighted by molar-refractivity contribution is 7.94. The van der Waals surface area contributed by atoms with Gasteiger partial charge in [-0.2, -0.15) is 0 Å². The Morgan fingerprint density at radius 2 is 2.00 bits per heavy atom. The highest BCUT2D eigenvalue weighted by Crippen LogP contribution is 2.35. The molecule has 9 nitrogen and oxygen atoms in total. The van der Waals surface area contributed by atoms with Crippen LogP contribution in [0.3, 0.4) is 0 Å². The smallest absolute Gasteiger partial charge is 0.267 e. The molecule has 4 rings (SSSR count). The third kappa shape index (κ3) is 4.10. The van der Waals surface area contributed by atoms with E-state index in [1.807, 2.05) is 19.1 Å². The van der Waals surface area contributed by atoms with Gasteiger partial charge in [-0.05, 0) is 49.7 Å². The highest BCUT2D eigenvalue weighted by atomic mass is 32.2. The molecule has 0 radical (unpaired) electrons. The summed E-state index contributed by atoms with van der Waals surface area (Å²) >= 11 is 1.18. The second-order valence-electron chi connectivity index (χ2n) is 6.88. The van der Waals surface area contributed by atoms with Crippen LogP contribution in [0, 0.1) is 6.92 Å². The van der Waals surface area contributed by atoms with Crippen LogP contribution in [-0.4, -0.2) is 40.1 Å². The zero-order chi connectivity index (χ0) is 22.4. The molecule has 1 aliphatic heterocycles. The van der Waals surface area contributed by atoms with E-state index in [2.05, 4.69) is 9.71 Å². The number of benzene rings is 2. The van der Waals surface area contributed by atoms with Gasteiger partial charge in [0.1, 0.15) is 10.6 Å². The van der Waals surface area contributed by atoms with Gasteiger partial charge >= 0.3 is 0 Å². The van der Waals surface area contributed by atoms with E-state index in [9.17, 15) is 21.6 Å². The first-order valence-corrected chi connectivity index (χ1v) is 13.2. The van der Waals surface area contributed by atoms with Gasteiger partial charge in [0.15, 0.2) is 5.13 Å². The normalized spacial score (nSPS) is 16.1. The third-order valence-corrected chi connectivity index (χ3v) is 8.71. The molecule has 0 atom stereocenters. The van der Waals surface area contributed by atoms with Crippen molar-refractivity contribution in [1.29, 1.82) is 0 Å². The SMILES string of the molecule is CCOc1ccc(N2C(=O)CCS2(=O)=O)cc1S(=O)(=O)Nc1nc2ccc(C)cc2s1. The summed E-state index contributed by atoms with van der Waals surface area (Å²) in [5.41, 5.74) is 1.63. The summed E-state index contributed by atoms with van der Waals surface area (Å²) in [5, 5.41) is 0.165. The lowest BCUT2D eigenvalue weighted by Gasteiger charge is -2.18. The Morgan fingerprint density at radius 1 is 1.23 bits per heavy atom. The Morgan fingerprint density at radius 3 is 2.68 bits per heavy atom. The van der Waals surface area contributed by atoms with Gasteiger partial charge in [0.25, 0.3) is 10.0 Å². The van der Waals surface area contributed by atoms with E-state index in [4.69, 9.17) is 4.74 Å². The van der Waals surface area contributed by atoms with Crippen molar-refractivity contribution in [3.63, 3.8) is 0 Å². The van der Waals surface area contributed by atoms with E-state index in [1.54, 1.807) is 13.0 Å². The zero-order valence-electron chi connectivity index (χ0n) is 16.7. The van der Waals surface area contributed by atoms with Crippen LogP contribution in [0.4, 0.5) is 10.8 Å². The Bertz CT molecular complexity index is 1400. The molecule has 1 N–H and O–H groups in total. The lowest BCUT2D eigenvalue weighted by atomic mass is 10.2. The average molecular weight is 482 g/mol. The molecule has 12 heteroatoms. The molecule has 1 aromatic heterocycles. The zero-order valence-corrected chi connectivity index (χ0v) is 19.1. The van der Waals surface area contributed by atoms with Crippen molar-refractivity contribution >= 4 is 58.3 Å². The van der Waals surface area contributed by atoms with E-state index < -0.39 is 26.0 Å².